The zero-order chi connectivity index (χ0) is 13.8. The van der Waals surface area contributed by atoms with E-state index in [2.05, 4.69) is 10.3 Å². The number of halogens is 1. The Labute approximate surface area is 110 Å². The van der Waals surface area contributed by atoms with Crippen molar-refractivity contribution in [1.29, 1.82) is 0 Å². The van der Waals surface area contributed by atoms with Gasteiger partial charge < -0.3 is 10.4 Å². The number of carbonyl (C=O) groups excluding carboxylic acids is 1. The van der Waals surface area contributed by atoms with E-state index in [0.717, 1.165) is 0 Å². The molecule has 98 valence electrons. The lowest BCUT2D eigenvalue weighted by Gasteiger charge is -2.25. The first-order chi connectivity index (χ1) is 8.39. The summed E-state index contributed by atoms with van der Waals surface area (Å²) in [5, 5.41) is 11.8. The highest BCUT2D eigenvalue weighted by atomic mass is 35.5. The van der Waals surface area contributed by atoms with Crippen molar-refractivity contribution in [2.75, 3.05) is 0 Å². The third-order valence-electron chi connectivity index (χ3n) is 2.56. The van der Waals surface area contributed by atoms with Crippen molar-refractivity contribution in [3.05, 3.63) is 29.0 Å². The molecule has 1 rings (SSSR count). The second-order valence-corrected chi connectivity index (χ2v) is 4.57. The predicted molar refractivity (Wildman–Crippen MR) is 67.7 cm³/mol. The number of carbonyl (C=O) groups is 2. The van der Waals surface area contributed by atoms with Crippen LogP contribution in [0.1, 0.15) is 37.2 Å². The molecule has 1 heterocycles. The van der Waals surface area contributed by atoms with Crippen LogP contribution in [0.4, 0.5) is 0 Å². The summed E-state index contributed by atoms with van der Waals surface area (Å²) in [6.07, 6.45) is 0.987. The van der Waals surface area contributed by atoms with Gasteiger partial charge in [-0.25, -0.2) is 9.78 Å². The second-order valence-electron chi connectivity index (χ2n) is 4.19. The van der Waals surface area contributed by atoms with Crippen molar-refractivity contribution in [3.8, 4) is 0 Å². The Hall–Kier alpha value is -1.62. The topological polar surface area (TPSA) is 79.3 Å². The normalized spacial score (nSPS) is 13.7. The van der Waals surface area contributed by atoms with Crippen LogP contribution in [-0.2, 0) is 4.79 Å². The minimum atomic E-state index is -1.30. The van der Waals surface area contributed by atoms with Crippen LogP contribution in [0.3, 0.4) is 0 Å². The van der Waals surface area contributed by atoms with Gasteiger partial charge in [0.2, 0.25) is 0 Å². The molecule has 2 N–H and O–H groups in total. The number of aliphatic carboxylic acids is 1. The Balaban J connectivity index is 2.88. The molecule has 1 aromatic heterocycles. The van der Waals surface area contributed by atoms with Gasteiger partial charge in [-0.2, -0.15) is 0 Å². The number of carboxylic acid groups (broad SMARTS) is 1. The molecular formula is C12H15ClN2O3. The lowest BCUT2D eigenvalue weighted by atomic mass is 9.96. The fourth-order valence-corrected chi connectivity index (χ4v) is 1.74. The van der Waals surface area contributed by atoms with Crippen molar-refractivity contribution in [2.24, 2.45) is 0 Å². The van der Waals surface area contributed by atoms with Crippen LogP contribution in [0.25, 0.3) is 0 Å². The Morgan fingerprint density at radius 2 is 2.17 bits per heavy atom. The molecule has 0 saturated heterocycles. The van der Waals surface area contributed by atoms with Gasteiger partial charge in [0.15, 0.2) is 0 Å². The standard InChI is InChI=1S/C12H15ClN2O3/c1-3-7-12(2,11(17)18)15-10(16)8-5-4-6-9(13)14-8/h4-6H,3,7H2,1-2H3,(H,15,16)(H,17,18). The Morgan fingerprint density at radius 3 is 2.67 bits per heavy atom. The number of carboxylic acids is 1. The highest BCUT2D eigenvalue weighted by Gasteiger charge is 2.34. The maximum Gasteiger partial charge on any atom is 0.329 e. The summed E-state index contributed by atoms with van der Waals surface area (Å²) in [4.78, 5) is 26.9. The van der Waals surface area contributed by atoms with Gasteiger partial charge in [-0.05, 0) is 25.5 Å². The van der Waals surface area contributed by atoms with E-state index in [1.54, 1.807) is 12.1 Å². The molecule has 0 fully saturated rings. The van der Waals surface area contributed by atoms with E-state index in [9.17, 15) is 9.59 Å². The molecule has 6 heteroatoms. The Morgan fingerprint density at radius 1 is 1.50 bits per heavy atom. The maximum atomic E-state index is 11.9. The molecule has 0 aliphatic heterocycles. The summed E-state index contributed by atoms with van der Waals surface area (Å²) >= 11 is 5.68. The molecule has 1 aromatic rings. The summed E-state index contributed by atoms with van der Waals surface area (Å²) in [5.74, 6) is -1.62. The monoisotopic (exact) mass is 270 g/mol. The van der Waals surface area contributed by atoms with Crippen molar-refractivity contribution in [3.63, 3.8) is 0 Å². The van der Waals surface area contributed by atoms with Crippen LogP contribution in [-0.4, -0.2) is 27.5 Å². The molecule has 1 atom stereocenters. The van der Waals surface area contributed by atoms with Gasteiger partial charge in [-0.1, -0.05) is 31.0 Å². The summed E-state index contributed by atoms with van der Waals surface area (Å²) in [7, 11) is 0. The molecule has 1 amide bonds. The van der Waals surface area contributed by atoms with E-state index in [4.69, 9.17) is 16.7 Å². The average molecular weight is 271 g/mol. The van der Waals surface area contributed by atoms with Gasteiger partial charge in [0.25, 0.3) is 5.91 Å². The Kier molecular flexibility index (Phi) is 4.67. The molecule has 0 bridgehead atoms. The van der Waals surface area contributed by atoms with E-state index >= 15 is 0 Å². The first kappa shape index (κ1) is 14.4. The van der Waals surface area contributed by atoms with Gasteiger partial charge in [0.1, 0.15) is 16.4 Å². The zero-order valence-electron chi connectivity index (χ0n) is 10.2. The first-order valence-electron chi connectivity index (χ1n) is 5.57. The highest BCUT2D eigenvalue weighted by Crippen LogP contribution is 2.14. The van der Waals surface area contributed by atoms with Crippen LogP contribution in [0, 0.1) is 0 Å². The number of aromatic nitrogens is 1. The third-order valence-corrected chi connectivity index (χ3v) is 2.77. The van der Waals surface area contributed by atoms with Crippen molar-refractivity contribution < 1.29 is 14.7 Å². The number of rotatable bonds is 5. The molecular weight excluding hydrogens is 256 g/mol. The summed E-state index contributed by atoms with van der Waals surface area (Å²) in [5.41, 5.74) is -1.19. The number of pyridine rings is 1. The molecule has 0 aromatic carbocycles. The van der Waals surface area contributed by atoms with E-state index in [1.807, 2.05) is 6.92 Å². The van der Waals surface area contributed by atoms with Crippen LogP contribution in [0.5, 0.6) is 0 Å². The van der Waals surface area contributed by atoms with Crippen molar-refractivity contribution >= 4 is 23.5 Å². The second kappa shape index (κ2) is 5.82. The van der Waals surface area contributed by atoms with Crippen LogP contribution in [0.15, 0.2) is 18.2 Å². The van der Waals surface area contributed by atoms with Crippen molar-refractivity contribution in [2.45, 2.75) is 32.2 Å². The number of nitrogens with one attached hydrogen (secondary N) is 1. The number of hydrogen-bond acceptors (Lipinski definition) is 3. The fourth-order valence-electron chi connectivity index (χ4n) is 1.57. The van der Waals surface area contributed by atoms with Crippen LogP contribution < -0.4 is 5.32 Å². The largest absolute Gasteiger partial charge is 0.480 e. The van der Waals surface area contributed by atoms with Gasteiger partial charge in [0, 0.05) is 0 Å². The van der Waals surface area contributed by atoms with Crippen LogP contribution in [0.2, 0.25) is 5.15 Å². The quantitative estimate of drug-likeness (QED) is 0.803. The fraction of sp³-hybridized carbons (Fsp3) is 0.417. The van der Waals surface area contributed by atoms with Crippen LogP contribution >= 0.6 is 11.6 Å². The number of hydrogen-bond donors (Lipinski definition) is 2. The molecule has 18 heavy (non-hydrogen) atoms. The molecule has 0 aliphatic carbocycles. The molecule has 0 spiro atoms. The van der Waals surface area contributed by atoms with E-state index in [-0.39, 0.29) is 10.8 Å². The van der Waals surface area contributed by atoms with E-state index < -0.39 is 17.4 Å². The smallest absolute Gasteiger partial charge is 0.329 e. The molecule has 5 nitrogen and oxygen atoms in total. The summed E-state index contributed by atoms with van der Waals surface area (Å²) in [6, 6.07) is 4.61. The van der Waals surface area contributed by atoms with Gasteiger partial charge >= 0.3 is 5.97 Å². The van der Waals surface area contributed by atoms with Gasteiger partial charge in [-0.15, -0.1) is 0 Å². The van der Waals surface area contributed by atoms with Gasteiger partial charge in [-0.3, -0.25) is 4.79 Å². The number of amides is 1. The van der Waals surface area contributed by atoms with Gasteiger partial charge in [0.05, 0.1) is 0 Å². The Bertz CT molecular complexity index is 464. The maximum absolute atomic E-state index is 11.9. The first-order valence-corrected chi connectivity index (χ1v) is 5.95. The predicted octanol–water partition coefficient (Wildman–Crippen LogP) is 2.11. The lowest BCUT2D eigenvalue weighted by molar-refractivity contribution is -0.144. The lowest BCUT2D eigenvalue weighted by Crippen LogP contribution is -2.52. The molecule has 0 aliphatic rings. The van der Waals surface area contributed by atoms with E-state index in [1.165, 1.54) is 13.0 Å². The zero-order valence-corrected chi connectivity index (χ0v) is 11.0. The summed E-state index contributed by atoms with van der Waals surface area (Å²) in [6.45, 7) is 3.33. The minimum absolute atomic E-state index is 0.103. The van der Waals surface area contributed by atoms with Crippen molar-refractivity contribution in [1.82, 2.24) is 10.3 Å². The highest BCUT2D eigenvalue weighted by molar-refractivity contribution is 6.29. The third kappa shape index (κ3) is 3.43. The summed E-state index contributed by atoms with van der Waals surface area (Å²) < 4.78 is 0. The SMILES string of the molecule is CCCC(C)(NC(=O)c1cccc(Cl)n1)C(=O)O. The molecule has 1 unspecified atom stereocenters. The van der Waals surface area contributed by atoms with E-state index in [0.29, 0.717) is 12.8 Å². The molecule has 0 saturated carbocycles. The minimum Gasteiger partial charge on any atom is -0.480 e. The average Bonchev–Trinajstić information content (AvgIpc) is 2.29. The number of nitrogens with zero attached hydrogens (tertiary/aromatic N) is 1. The molecule has 0 radical (unpaired) electrons.